The van der Waals surface area contributed by atoms with Gasteiger partial charge in [0.1, 0.15) is 6.04 Å². The molecule has 5 nitrogen and oxygen atoms in total. The van der Waals surface area contributed by atoms with Crippen molar-refractivity contribution in [3.8, 4) is 0 Å². The van der Waals surface area contributed by atoms with Crippen LogP contribution >= 0.6 is 11.8 Å². The Labute approximate surface area is 91.2 Å². The first-order valence-electron chi connectivity index (χ1n) is 3.58. The van der Waals surface area contributed by atoms with Crippen LogP contribution in [-0.2, 0) is 9.84 Å². The number of nitrogens with two attached hydrogens (primary N) is 1. The molecule has 2 atom stereocenters. The summed E-state index contributed by atoms with van der Waals surface area (Å²) in [7, 11) is -2.80. The van der Waals surface area contributed by atoms with E-state index in [1.165, 1.54) is 11.8 Å². The molecule has 0 aromatic heterocycles. The molecule has 0 unspecified atom stereocenters. The molecule has 13 heavy (non-hydrogen) atoms. The minimum Gasteiger partial charge on any atom is -1.00 e. The Balaban J connectivity index is 0.000000845. The van der Waals surface area contributed by atoms with E-state index in [1.54, 1.807) is 0 Å². The maximum atomic E-state index is 11.1. The Morgan fingerprint density at radius 1 is 1.54 bits per heavy atom. The Bertz CT molecular complexity index is 329. The van der Waals surface area contributed by atoms with Gasteiger partial charge in [-0.1, -0.05) is 0 Å². The van der Waals surface area contributed by atoms with Crippen LogP contribution in [0.5, 0.6) is 0 Å². The first-order valence-corrected chi connectivity index (χ1v) is 6.28. The van der Waals surface area contributed by atoms with Crippen molar-refractivity contribution >= 4 is 26.8 Å². The third-order valence-electron chi connectivity index (χ3n) is 2.02. The highest BCUT2D eigenvalue weighted by Gasteiger charge is 2.45. The van der Waals surface area contributed by atoms with Crippen molar-refractivity contribution in [2.45, 2.75) is 11.3 Å². The summed E-state index contributed by atoms with van der Waals surface area (Å²) in [6.45, 7) is 0. The van der Waals surface area contributed by atoms with Crippen LogP contribution < -0.4 is 33.2 Å². The van der Waals surface area contributed by atoms with E-state index < -0.39 is 9.84 Å². The van der Waals surface area contributed by atoms with E-state index in [2.05, 4.69) is 10.4 Å². The van der Waals surface area contributed by atoms with E-state index in [0.717, 1.165) is 5.17 Å². The normalized spacial score (nSPS) is 34.7. The molecule has 2 rings (SSSR count). The van der Waals surface area contributed by atoms with Crippen molar-refractivity contribution in [3.63, 3.8) is 0 Å². The molecular formula is C5H10BrN3O2S2. The first-order chi connectivity index (χ1) is 5.61. The van der Waals surface area contributed by atoms with Gasteiger partial charge in [0.05, 0.1) is 16.8 Å². The second kappa shape index (κ2) is 3.76. The lowest BCUT2D eigenvalue weighted by atomic mass is 10.3. The largest absolute Gasteiger partial charge is 1.00 e. The molecule has 2 heterocycles. The molecular weight excluding hydrogens is 278 g/mol. The summed E-state index contributed by atoms with van der Waals surface area (Å²) in [6.07, 6.45) is 0. The zero-order valence-electron chi connectivity index (χ0n) is 6.66. The Morgan fingerprint density at radius 2 is 2.23 bits per heavy atom. The minimum atomic E-state index is -2.80. The van der Waals surface area contributed by atoms with Crippen molar-refractivity contribution in [1.29, 1.82) is 0 Å². The third kappa shape index (κ3) is 2.17. The Hall–Kier alpha value is 0.210. The van der Waals surface area contributed by atoms with Crippen LogP contribution in [0.1, 0.15) is 0 Å². The fraction of sp³-hybridized carbons (Fsp3) is 0.800. The van der Waals surface area contributed by atoms with Gasteiger partial charge in [0.2, 0.25) is 0 Å². The van der Waals surface area contributed by atoms with Gasteiger partial charge in [-0.2, -0.15) is 11.3 Å². The number of nitrogens with one attached hydrogen (secondary N) is 2. The lowest BCUT2D eigenvalue weighted by Gasteiger charge is -1.96. The zero-order chi connectivity index (χ0) is 8.77. The molecule has 0 spiro atoms. The highest BCUT2D eigenvalue weighted by molar-refractivity contribution is 8.15. The molecule has 0 aromatic rings. The summed E-state index contributed by atoms with van der Waals surface area (Å²) in [5, 5.41) is 0.918. The molecule has 0 aromatic carbocycles. The Morgan fingerprint density at radius 3 is 2.77 bits per heavy atom. The van der Waals surface area contributed by atoms with Gasteiger partial charge in [-0.05, 0) is 11.8 Å². The van der Waals surface area contributed by atoms with E-state index >= 15 is 0 Å². The highest BCUT2D eigenvalue weighted by Crippen LogP contribution is 2.24. The number of thioether (sulfide) groups is 1. The molecule has 8 heteroatoms. The van der Waals surface area contributed by atoms with Crippen molar-refractivity contribution in [2.24, 2.45) is 5.84 Å². The summed E-state index contributed by atoms with van der Waals surface area (Å²) >= 11 is 1.47. The summed E-state index contributed by atoms with van der Waals surface area (Å²) < 4.78 is 22.2. The van der Waals surface area contributed by atoms with Gasteiger partial charge in [-0.3, -0.25) is 4.99 Å². The van der Waals surface area contributed by atoms with Gasteiger partial charge in [0.15, 0.2) is 9.84 Å². The summed E-state index contributed by atoms with van der Waals surface area (Å²) in [6, 6.07) is 0.0473. The maximum absolute atomic E-state index is 11.1. The molecule has 1 fully saturated rings. The van der Waals surface area contributed by atoms with Gasteiger partial charge in [-0.25, -0.2) is 8.42 Å². The van der Waals surface area contributed by atoms with Gasteiger partial charge in [0, 0.05) is 0 Å². The summed E-state index contributed by atoms with van der Waals surface area (Å²) in [4.78, 5) is 3.02. The number of hydrogen-bond donors (Lipinski definition) is 3. The van der Waals surface area contributed by atoms with E-state index in [-0.39, 0.29) is 39.8 Å². The number of sulfone groups is 1. The van der Waals surface area contributed by atoms with Crippen LogP contribution in [0.25, 0.3) is 0 Å². The molecule has 0 saturated carbocycles. The average molecular weight is 288 g/mol. The van der Waals surface area contributed by atoms with Crippen LogP contribution in [-0.4, -0.2) is 36.4 Å². The summed E-state index contributed by atoms with van der Waals surface area (Å²) in [5.41, 5.74) is 2.49. The molecule has 0 amide bonds. The zero-order valence-corrected chi connectivity index (χ0v) is 9.88. The molecule has 2 aliphatic heterocycles. The quantitative estimate of drug-likeness (QED) is 0.305. The van der Waals surface area contributed by atoms with Gasteiger partial charge in [-0.15, -0.1) is 0 Å². The number of amidine groups is 1. The van der Waals surface area contributed by atoms with E-state index in [9.17, 15) is 8.42 Å². The van der Waals surface area contributed by atoms with Crippen molar-refractivity contribution in [3.05, 3.63) is 0 Å². The number of rotatable bonds is 0. The lowest BCUT2D eigenvalue weighted by molar-refractivity contribution is -0.489. The molecule has 0 aliphatic carbocycles. The number of hydrazine groups is 1. The van der Waals surface area contributed by atoms with Gasteiger partial charge in [0.25, 0.3) is 0 Å². The SMILES string of the molecule is NNC1=[NH+][C@@H]2CS(=O)(=O)C[C@@H]2S1.[Br-]. The van der Waals surface area contributed by atoms with E-state index in [4.69, 9.17) is 5.84 Å². The first kappa shape index (κ1) is 11.3. The van der Waals surface area contributed by atoms with Crippen molar-refractivity contribution < 1.29 is 30.4 Å². The Kier molecular flexibility index (Phi) is 3.26. The molecule has 76 valence electrons. The lowest BCUT2D eigenvalue weighted by Crippen LogP contribution is -3.00. The fourth-order valence-corrected chi connectivity index (χ4v) is 5.16. The predicted octanol–water partition coefficient (Wildman–Crippen LogP) is -6.20. The predicted molar refractivity (Wildman–Crippen MR) is 47.1 cm³/mol. The number of hydrogen-bond acceptors (Lipinski definition) is 5. The second-order valence-electron chi connectivity index (χ2n) is 2.96. The standard InChI is InChI=1S/C5H9N3O2S2.BrH/c6-8-5-7-3-1-12(9,10)2-4(3)11-5;/h3-4H,1-2,6H2,(H,7,8);1H/t3-,4+;/m1./s1. The monoisotopic (exact) mass is 287 g/mol. The maximum Gasteiger partial charge on any atom is 0.322 e. The number of halogens is 1. The fourth-order valence-electron chi connectivity index (χ4n) is 1.50. The molecule has 0 radical (unpaired) electrons. The summed E-state index contributed by atoms with van der Waals surface area (Å²) in [5.74, 6) is 5.68. The van der Waals surface area contributed by atoms with Crippen molar-refractivity contribution in [2.75, 3.05) is 11.5 Å². The van der Waals surface area contributed by atoms with Crippen LogP contribution in [0.2, 0.25) is 0 Å². The van der Waals surface area contributed by atoms with E-state index in [0.29, 0.717) is 0 Å². The van der Waals surface area contributed by atoms with Crippen LogP contribution in [0, 0.1) is 0 Å². The topological polar surface area (TPSA) is 86.2 Å². The van der Waals surface area contributed by atoms with Gasteiger partial charge < -0.3 is 17.0 Å². The highest BCUT2D eigenvalue weighted by atomic mass is 79.9. The second-order valence-corrected chi connectivity index (χ2v) is 6.36. The van der Waals surface area contributed by atoms with Crippen molar-refractivity contribution in [1.82, 2.24) is 5.43 Å². The van der Waals surface area contributed by atoms with Crippen LogP contribution in [0.15, 0.2) is 0 Å². The third-order valence-corrected chi connectivity index (χ3v) is 5.23. The van der Waals surface area contributed by atoms with Crippen LogP contribution in [0.3, 0.4) is 0 Å². The van der Waals surface area contributed by atoms with Crippen LogP contribution in [0.4, 0.5) is 0 Å². The smallest absolute Gasteiger partial charge is 0.322 e. The molecule has 0 bridgehead atoms. The average Bonchev–Trinajstić information content (AvgIpc) is 2.40. The van der Waals surface area contributed by atoms with E-state index in [1.807, 2.05) is 0 Å². The minimum absolute atomic E-state index is 0. The van der Waals surface area contributed by atoms with Gasteiger partial charge >= 0.3 is 5.17 Å². The molecule has 1 saturated heterocycles. The molecule has 2 aliphatic rings. The number of fused-ring (bicyclic) bond motifs is 1. The molecule has 4 N–H and O–H groups in total.